The number of benzene rings is 2. The molecule has 1 aliphatic carbocycles. The number of nitriles is 1. The number of rotatable bonds is 10. The van der Waals surface area contributed by atoms with Crippen molar-refractivity contribution in [3.05, 3.63) is 59.7 Å². The first-order chi connectivity index (χ1) is 12.8. The molecule has 0 aromatic heterocycles. The summed E-state index contributed by atoms with van der Waals surface area (Å²) in [6.45, 7) is 1.31. The fourth-order valence-electron chi connectivity index (χ4n) is 3.15. The maximum Gasteiger partial charge on any atom is 0.161 e. The Labute approximate surface area is 155 Å². The molecule has 0 radical (unpaired) electrons. The van der Waals surface area contributed by atoms with E-state index in [2.05, 4.69) is 47.8 Å². The molecule has 0 amide bonds. The molecule has 0 spiro atoms. The Balaban J connectivity index is 1.64. The van der Waals surface area contributed by atoms with Crippen LogP contribution in [0.3, 0.4) is 0 Å². The van der Waals surface area contributed by atoms with Crippen molar-refractivity contribution in [1.29, 1.82) is 5.26 Å². The van der Waals surface area contributed by atoms with E-state index in [1.807, 2.05) is 12.1 Å². The minimum atomic E-state index is 0.401. The topological polar surface area (TPSA) is 54.3 Å². The van der Waals surface area contributed by atoms with Gasteiger partial charge in [-0.25, -0.2) is 0 Å². The van der Waals surface area contributed by atoms with E-state index < -0.39 is 0 Å². The molecule has 0 bridgehead atoms. The highest BCUT2D eigenvalue weighted by Crippen LogP contribution is 2.41. The van der Waals surface area contributed by atoms with Gasteiger partial charge in [0.05, 0.1) is 19.8 Å². The highest BCUT2D eigenvalue weighted by Gasteiger charge is 2.31. The average Bonchev–Trinajstić information content (AvgIpc) is 3.52. The summed E-state index contributed by atoms with van der Waals surface area (Å²) in [5.74, 6) is 2.21. The molecular weight excluding hydrogens is 324 g/mol. The van der Waals surface area contributed by atoms with E-state index in [9.17, 15) is 0 Å². The zero-order chi connectivity index (χ0) is 18.2. The molecule has 1 atom stereocenters. The second-order valence-corrected chi connectivity index (χ2v) is 6.70. The summed E-state index contributed by atoms with van der Waals surface area (Å²) in [6.07, 6.45) is 3.81. The van der Waals surface area contributed by atoms with E-state index in [4.69, 9.17) is 14.7 Å². The third-order valence-corrected chi connectivity index (χ3v) is 4.70. The van der Waals surface area contributed by atoms with Crippen LogP contribution in [0.5, 0.6) is 11.5 Å². The maximum absolute atomic E-state index is 8.64. The Kier molecular flexibility index (Phi) is 6.51. The lowest BCUT2D eigenvalue weighted by molar-refractivity contribution is 0.290. The molecule has 4 nitrogen and oxygen atoms in total. The zero-order valence-electron chi connectivity index (χ0n) is 15.3. The number of nitrogens with one attached hydrogen (secondary N) is 1. The van der Waals surface area contributed by atoms with Crippen LogP contribution in [0.4, 0.5) is 0 Å². The van der Waals surface area contributed by atoms with Crippen molar-refractivity contribution in [2.75, 3.05) is 13.7 Å². The molecule has 1 N–H and O–H groups in total. The monoisotopic (exact) mass is 350 g/mol. The summed E-state index contributed by atoms with van der Waals surface area (Å²) in [7, 11) is 1.65. The average molecular weight is 350 g/mol. The van der Waals surface area contributed by atoms with Gasteiger partial charge < -0.3 is 14.8 Å². The summed E-state index contributed by atoms with van der Waals surface area (Å²) in [5, 5.41) is 12.4. The van der Waals surface area contributed by atoms with Crippen molar-refractivity contribution in [2.24, 2.45) is 5.92 Å². The Hall–Kier alpha value is -2.51. The minimum absolute atomic E-state index is 0.401. The van der Waals surface area contributed by atoms with Crippen LogP contribution in [0, 0.1) is 17.2 Å². The van der Waals surface area contributed by atoms with Gasteiger partial charge in [0.15, 0.2) is 11.5 Å². The van der Waals surface area contributed by atoms with Crippen molar-refractivity contribution in [3.8, 4) is 17.6 Å². The molecule has 1 fully saturated rings. The summed E-state index contributed by atoms with van der Waals surface area (Å²) in [6, 6.07) is 19.3. The standard InChI is InChI=1S/C22H26N2O2/c1-25-20-12-9-17(15-21(20)26-14-6-5-13-23)16-24-22(19-10-11-19)18-7-3-2-4-8-18/h2-4,7-9,12,15,19,22,24H,5-6,10-11,14,16H2,1H3. The molecule has 0 saturated heterocycles. The first kappa shape index (κ1) is 18.3. The molecule has 1 saturated carbocycles. The second kappa shape index (κ2) is 9.26. The minimum Gasteiger partial charge on any atom is -0.493 e. The van der Waals surface area contributed by atoms with Crippen LogP contribution < -0.4 is 14.8 Å². The van der Waals surface area contributed by atoms with Gasteiger partial charge in [0.2, 0.25) is 0 Å². The highest BCUT2D eigenvalue weighted by molar-refractivity contribution is 5.43. The summed E-state index contributed by atoms with van der Waals surface area (Å²) in [4.78, 5) is 0. The van der Waals surface area contributed by atoms with Crippen LogP contribution in [0.1, 0.15) is 42.9 Å². The van der Waals surface area contributed by atoms with Crippen LogP contribution in [0.15, 0.2) is 48.5 Å². The van der Waals surface area contributed by atoms with Gasteiger partial charge in [0, 0.05) is 19.0 Å². The molecule has 136 valence electrons. The second-order valence-electron chi connectivity index (χ2n) is 6.70. The molecule has 0 aliphatic heterocycles. The number of methoxy groups -OCH3 is 1. The molecule has 2 aromatic carbocycles. The molecule has 2 aromatic rings. The van der Waals surface area contributed by atoms with Crippen molar-refractivity contribution in [2.45, 2.75) is 38.3 Å². The Morgan fingerprint density at radius 1 is 1.15 bits per heavy atom. The first-order valence-corrected chi connectivity index (χ1v) is 9.27. The van der Waals surface area contributed by atoms with Gasteiger partial charge in [-0.1, -0.05) is 36.4 Å². The van der Waals surface area contributed by atoms with E-state index in [0.717, 1.165) is 30.4 Å². The number of unbranched alkanes of at least 4 members (excludes halogenated alkanes) is 1. The lowest BCUT2D eigenvalue weighted by atomic mass is 10.0. The molecule has 1 aliphatic rings. The van der Waals surface area contributed by atoms with Crippen LogP contribution in [-0.4, -0.2) is 13.7 Å². The van der Waals surface area contributed by atoms with Crippen molar-refractivity contribution in [1.82, 2.24) is 5.32 Å². The molecule has 3 rings (SSSR count). The van der Waals surface area contributed by atoms with Gasteiger partial charge in [-0.15, -0.1) is 0 Å². The Bertz CT molecular complexity index is 736. The summed E-state index contributed by atoms with van der Waals surface area (Å²) >= 11 is 0. The molecule has 1 unspecified atom stereocenters. The van der Waals surface area contributed by atoms with Crippen LogP contribution in [-0.2, 0) is 6.54 Å². The van der Waals surface area contributed by atoms with E-state index in [-0.39, 0.29) is 0 Å². The smallest absolute Gasteiger partial charge is 0.161 e. The molecular formula is C22H26N2O2. The fraction of sp³-hybridized carbons (Fsp3) is 0.409. The van der Waals surface area contributed by atoms with Crippen molar-refractivity contribution >= 4 is 0 Å². The number of nitrogens with zero attached hydrogens (tertiary/aromatic N) is 1. The fourth-order valence-corrected chi connectivity index (χ4v) is 3.15. The van der Waals surface area contributed by atoms with E-state index in [1.54, 1.807) is 7.11 Å². The predicted octanol–water partition coefficient (Wildman–Crippen LogP) is 4.62. The largest absolute Gasteiger partial charge is 0.493 e. The van der Waals surface area contributed by atoms with Gasteiger partial charge in [0.1, 0.15) is 0 Å². The van der Waals surface area contributed by atoms with Gasteiger partial charge in [-0.2, -0.15) is 5.26 Å². The van der Waals surface area contributed by atoms with Gasteiger partial charge in [-0.05, 0) is 48.4 Å². The quantitative estimate of drug-likeness (QED) is 0.635. The van der Waals surface area contributed by atoms with E-state index in [1.165, 1.54) is 24.0 Å². The third kappa shape index (κ3) is 5.00. The number of hydrogen-bond donors (Lipinski definition) is 1. The number of hydrogen-bond acceptors (Lipinski definition) is 4. The van der Waals surface area contributed by atoms with Gasteiger partial charge in [0.25, 0.3) is 0 Å². The van der Waals surface area contributed by atoms with Crippen molar-refractivity contribution in [3.63, 3.8) is 0 Å². The van der Waals surface area contributed by atoms with Crippen molar-refractivity contribution < 1.29 is 9.47 Å². The summed E-state index contributed by atoms with van der Waals surface area (Å²) < 4.78 is 11.2. The van der Waals surface area contributed by atoms with Gasteiger partial charge in [-0.3, -0.25) is 0 Å². The van der Waals surface area contributed by atoms with Crippen LogP contribution >= 0.6 is 0 Å². The van der Waals surface area contributed by atoms with E-state index in [0.29, 0.717) is 19.1 Å². The highest BCUT2D eigenvalue weighted by atomic mass is 16.5. The Morgan fingerprint density at radius 2 is 1.96 bits per heavy atom. The third-order valence-electron chi connectivity index (χ3n) is 4.70. The van der Waals surface area contributed by atoms with Gasteiger partial charge >= 0.3 is 0 Å². The lowest BCUT2D eigenvalue weighted by Gasteiger charge is -2.19. The molecule has 0 heterocycles. The molecule has 26 heavy (non-hydrogen) atoms. The predicted molar refractivity (Wildman–Crippen MR) is 102 cm³/mol. The molecule has 4 heteroatoms. The van der Waals surface area contributed by atoms with Crippen LogP contribution in [0.2, 0.25) is 0 Å². The number of ether oxygens (including phenoxy) is 2. The normalized spacial score (nSPS) is 14.5. The Morgan fingerprint density at radius 3 is 2.65 bits per heavy atom. The maximum atomic E-state index is 8.64. The summed E-state index contributed by atoms with van der Waals surface area (Å²) in [5.41, 5.74) is 2.53. The van der Waals surface area contributed by atoms with E-state index >= 15 is 0 Å². The lowest BCUT2D eigenvalue weighted by Crippen LogP contribution is -2.22. The SMILES string of the molecule is COc1ccc(CNC(c2ccccc2)C2CC2)cc1OCCCC#N. The zero-order valence-corrected chi connectivity index (χ0v) is 15.3. The first-order valence-electron chi connectivity index (χ1n) is 9.27. The van der Waals surface area contributed by atoms with Crippen LogP contribution in [0.25, 0.3) is 0 Å².